The van der Waals surface area contributed by atoms with Crippen LogP contribution >= 0.6 is 0 Å². The number of benzene rings is 2. The van der Waals surface area contributed by atoms with Crippen LogP contribution in [0.3, 0.4) is 0 Å². The van der Waals surface area contributed by atoms with Gasteiger partial charge in [0.2, 0.25) is 26.0 Å². The number of nitrogens with one attached hydrogen (secondary N) is 3. The molecule has 2 aromatic carbocycles. The Morgan fingerprint density at radius 2 is 1.79 bits per heavy atom. The van der Waals surface area contributed by atoms with Gasteiger partial charge in [0.05, 0.1) is 16.3 Å². The molecule has 5 N–H and O–H groups in total. The Kier molecular flexibility index (Phi) is 6.53. The minimum Gasteiger partial charge on any atom is -0.338 e. The van der Waals surface area contributed by atoms with E-state index in [-0.39, 0.29) is 28.5 Å². The Bertz CT molecular complexity index is 1440. The first-order valence-electron chi connectivity index (χ1n) is 10.3. The predicted molar refractivity (Wildman–Crippen MR) is 126 cm³/mol. The molecule has 0 unspecified atom stereocenters. The van der Waals surface area contributed by atoms with Crippen LogP contribution < -0.4 is 20.5 Å². The lowest BCUT2D eigenvalue weighted by atomic mass is 10.2. The average molecular weight is 507 g/mol. The Hall–Kier alpha value is -3.13. The number of nitrogens with two attached hydrogens (primary N) is 1. The van der Waals surface area contributed by atoms with E-state index in [9.17, 15) is 21.2 Å². The highest BCUT2D eigenvalue weighted by Gasteiger charge is 2.35. The maximum Gasteiger partial charge on any atom is 0.238 e. The molecule has 1 aliphatic carbocycles. The maximum absolute atomic E-state index is 14.4. The van der Waals surface area contributed by atoms with Gasteiger partial charge in [-0.1, -0.05) is 18.2 Å². The van der Waals surface area contributed by atoms with Crippen LogP contribution in [0.5, 0.6) is 0 Å². The molecule has 0 atom stereocenters. The quantitative estimate of drug-likeness (QED) is 0.345. The number of aryl methyl sites for hydroxylation is 1. The summed E-state index contributed by atoms with van der Waals surface area (Å²) in [6, 6.07) is 11.4. The summed E-state index contributed by atoms with van der Waals surface area (Å²) in [5.41, 5.74) is 2.03. The van der Waals surface area contributed by atoms with Crippen LogP contribution in [0.15, 0.2) is 53.6 Å². The minimum atomic E-state index is -3.92. The molecule has 1 fully saturated rings. The molecule has 34 heavy (non-hydrogen) atoms. The van der Waals surface area contributed by atoms with E-state index in [0.29, 0.717) is 35.3 Å². The Morgan fingerprint density at radius 3 is 2.50 bits per heavy atom. The topological polar surface area (TPSA) is 156 Å². The number of hydrogen-bond donors (Lipinski definition) is 4. The first kappa shape index (κ1) is 24.0. The minimum absolute atomic E-state index is 0.0291. The second-order valence-electron chi connectivity index (χ2n) is 7.93. The van der Waals surface area contributed by atoms with E-state index in [1.54, 1.807) is 43.3 Å². The van der Waals surface area contributed by atoms with E-state index < -0.39 is 25.9 Å². The van der Waals surface area contributed by atoms with Crippen molar-refractivity contribution in [2.75, 3.05) is 10.6 Å². The number of rotatable bonds is 9. The molecule has 13 heteroatoms. The highest BCUT2D eigenvalue weighted by molar-refractivity contribution is 7.90. The van der Waals surface area contributed by atoms with Crippen LogP contribution in [-0.2, 0) is 26.6 Å². The molecule has 10 nitrogen and oxygen atoms in total. The van der Waals surface area contributed by atoms with E-state index in [1.807, 2.05) is 0 Å². The van der Waals surface area contributed by atoms with Crippen LogP contribution in [0.4, 0.5) is 27.5 Å². The van der Waals surface area contributed by atoms with Crippen molar-refractivity contribution in [1.82, 2.24) is 14.7 Å². The Labute approximate surface area is 196 Å². The summed E-state index contributed by atoms with van der Waals surface area (Å²) in [4.78, 5) is 7.97. The molecular formula is C21H23FN6O4S2. The molecule has 0 aliphatic heterocycles. The number of hydrogen-bond acceptors (Lipinski definition) is 8. The van der Waals surface area contributed by atoms with Gasteiger partial charge >= 0.3 is 0 Å². The maximum atomic E-state index is 14.4. The van der Waals surface area contributed by atoms with Crippen molar-refractivity contribution in [1.29, 1.82) is 0 Å². The molecule has 0 radical (unpaired) electrons. The lowest BCUT2D eigenvalue weighted by Gasteiger charge is -2.12. The van der Waals surface area contributed by atoms with Crippen LogP contribution in [0.1, 0.15) is 24.0 Å². The zero-order chi connectivity index (χ0) is 24.5. The molecule has 0 saturated heterocycles. The number of nitrogens with zero attached hydrogens (tertiary/aromatic N) is 2. The fraction of sp³-hybridized carbons (Fsp3) is 0.238. The molecule has 1 aliphatic rings. The van der Waals surface area contributed by atoms with Gasteiger partial charge in [-0.25, -0.2) is 36.1 Å². The predicted octanol–water partition coefficient (Wildman–Crippen LogP) is 2.64. The summed E-state index contributed by atoms with van der Waals surface area (Å²) in [5, 5.41) is 10.6. The second-order valence-corrected chi connectivity index (χ2v) is 11.5. The van der Waals surface area contributed by atoms with Crippen molar-refractivity contribution < 1.29 is 21.2 Å². The number of anilines is 4. The Balaban J connectivity index is 1.50. The van der Waals surface area contributed by atoms with Gasteiger partial charge in [-0.05, 0) is 55.2 Å². The van der Waals surface area contributed by atoms with Crippen molar-refractivity contribution in [3.63, 3.8) is 0 Å². The van der Waals surface area contributed by atoms with E-state index in [2.05, 4.69) is 25.3 Å². The molecule has 0 spiro atoms. The van der Waals surface area contributed by atoms with Gasteiger partial charge in [0.1, 0.15) is 0 Å². The van der Waals surface area contributed by atoms with Crippen molar-refractivity contribution in [2.24, 2.45) is 5.14 Å². The molecule has 0 bridgehead atoms. The molecule has 180 valence electrons. The van der Waals surface area contributed by atoms with Gasteiger partial charge in [-0.15, -0.1) is 0 Å². The molecule has 1 saturated carbocycles. The zero-order valence-electron chi connectivity index (χ0n) is 18.1. The van der Waals surface area contributed by atoms with Gasteiger partial charge in [0.15, 0.2) is 11.6 Å². The van der Waals surface area contributed by atoms with Gasteiger partial charge in [-0.3, -0.25) is 0 Å². The summed E-state index contributed by atoms with van der Waals surface area (Å²) in [5.74, 6) is -0.798. The van der Waals surface area contributed by atoms with E-state index in [0.717, 1.165) is 6.20 Å². The Morgan fingerprint density at radius 1 is 1.06 bits per heavy atom. The van der Waals surface area contributed by atoms with Crippen molar-refractivity contribution >= 4 is 43.2 Å². The molecule has 0 amide bonds. The standard InChI is InChI=1S/C21H23FN6O4S2/c1-13-5-6-16(10-19(13)33(23,29)30)27-21-24-12-18(22)20(28-21)26-15-4-2-3-14(9-15)11-25-34(31,32)17-7-8-17/h2-6,9-10,12,17,25H,7-8,11H2,1H3,(H2,23,29,30)(H2,24,26,27,28). The number of aromatic nitrogens is 2. The van der Waals surface area contributed by atoms with Crippen molar-refractivity contribution in [3.8, 4) is 0 Å². The lowest BCUT2D eigenvalue weighted by Crippen LogP contribution is -2.26. The highest BCUT2D eigenvalue weighted by Crippen LogP contribution is 2.28. The number of halogens is 1. The summed E-state index contributed by atoms with van der Waals surface area (Å²) in [7, 11) is -7.24. The van der Waals surface area contributed by atoms with Gasteiger partial charge in [0.25, 0.3) is 0 Å². The summed E-state index contributed by atoms with van der Waals surface area (Å²) >= 11 is 0. The summed E-state index contributed by atoms with van der Waals surface area (Å²) in [6.07, 6.45) is 2.32. The SMILES string of the molecule is Cc1ccc(Nc2ncc(F)c(Nc3cccc(CNS(=O)(=O)C4CC4)c3)n2)cc1S(N)(=O)=O. The second kappa shape index (κ2) is 9.25. The third-order valence-electron chi connectivity index (χ3n) is 5.13. The third kappa shape index (κ3) is 5.86. The molecule has 3 aromatic rings. The monoisotopic (exact) mass is 506 g/mol. The van der Waals surface area contributed by atoms with Crippen LogP contribution in [-0.4, -0.2) is 32.1 Å². The molecular weight excluding hydrogens is 483 g/mol. The molecule has 1 heterocycles. The van der Waals surface area contributed by atoms with E-state index in [4.69, 9.17) is 5.14 Å². The smallest absolute Gasteiger partial charge is 0.238 e. The average Bonchev–Trinajstić information content (AvgIpc) is 3.62. The van der Waals surface area contributed by atoms with Crippen molar-refractivity contribution in [3.05, 3.63) is 65.6 Å². The van der Waals surface area contributed by atoms with Crippen LogP contribution in [0.25, 0.3) is 0 Å². The third-order valence-corrected chi connectivity index (χ3v) is 8.07. The van der Waals surface area contributed by atoms with Crippen molar-refractivity contribution in [2.45, 2.75) is 36.5 Å². The summed E-state index contributed by atoms with van der Waals surface area (Å²) < 4.78 is 64.5. The lowest BCUT2D eigenvalue weighted by molar-refractivity contribution is 0.580. The molecule has 4 rings (SSSR count). The van der Waals surface area contributed by atoms with E-state index >= 15 is 0 Å². The fourth-order valence-electron chi connectivity index (χ4n) is 3.20. The van der Waals surface area contributed by atoms with Crippen LogP contribution in [0, 0.1) is 12.7 Å². The van der Waals surface area contributed by atoms with Gasteiger partial charge < -0.3 is 10.6 Å². The normalized spacial score (nSPS) is 14.1. The van der Waals surface area contributed by atoms with Crippen LogP contribution in [0.2, 0.25) is 0 Å². The first-order valence-corrected chi connectivity index (χ1v) is 13.4. The van der Waals surface area contributed by atoms with Gasteiger partial charge in [-0.2, -0.15) is 4.98 Å². The van der Waals surface area contributed by atoms with Gasteiger partial charge in [0, 0.05) is 17.9 Å². The first-order chi connectivity index (χ1) is 16.0. The molecule has 1 aromatic heterocycles. The largest absolute Gasteiger partial charge is 0.338 e. The highest BCUT2D eigenvalue weighted by atomic mass is 32.2. The summed E-state index contributed by atoms with van der Waals surface area (Å²) in [6.45, 7) is 1.73. The number of primary sulfonamides is 1. The zero-order valence-corrected chi connectivity index (χ0v) is 19.7. The van der Waals surface area contributed by atoms with E-state index in [1.165, 1.54) is 6.07 Å². The fourth-order valence-corrected chi connectivity index (χ4v) is 5.37. The number of sulfonamides is 2.